The molecule has 0 aliphatic carbocycles. The summed E-state index contributed by atoms with van der Waals surface area (Å²) in [6.07, 6.45) is 0. The SMILES string of the molecule is O=C(Nc1ccc(Cl)cc1)c1cc2ccccc2nn1. The van der Waals surface area contributed by atoms with Crippen LogP contribution in [-0.4, -0.2) is 16.1 Å². The lowest BCUT2D eigenvalue weighted by atomic mass is 10.2. The number of hydrogen-bond acceptors (Lipinski definition) is 3. The van der Waals surface area contributed by atoms with Crippen LogP contribution in [0.3, 0.4) is 0 Å². The number of aromatic nitrogens is 2. The number of benzene rings is 2. The van der Waals surface area contributed by atoms with Crippen LogP contribution in [0.2, 0.25) is 5.02 Å². The van der Waals surface area contributed by atoms with E-state index in [9.17, 15) is 4.79 Å². The molecule has 1 aromatic heterocycles. The number of rotatable bonds is 2. The van der Waals surface area contributed by atoms with E-state index in [-0.39, 0.29) is 11.6 Å². The molecular formula is C15H10ClN3O. The third-order valence-electron chi connectivity index (χ3n) is 2.83. The highest BCUT2D eigenvalue weighted by atomic mass is 35.5. The van der Waals surface area contributed by atoms with Crippen LogP contribution in [0.1, 0.15) is 10.5 Å². The minimum atomic E-state index is -0.300. The van der Waals surface area contributed by atoms with E-state index in [0.29, 0.717) is 10.7 Å². The number of nitrogens with zero attached hydrogens (tertiary/aromatic N) is 2. The molecule has 0 spiro atoms. The van der Waals surface area contributed by atoms with Gasteiger partial charge in [0.1, 0.15) is 0 Å². The third-order valence-corrected chi connectivity index (χ3v) is 3.08. The van der Waals surface area contributed by atoms with Crippen LogP contribution in [0.4, 0.5) is 5.69 Å². The number of amides is 1. The van der Waals surface area contributed by atoms with E-state index >= 15 is 0 Å². The minimum absolute atomic E-state index is 0.277. The highest BCUT2D eigenvalue weighted by Crippen LogP contribution is 2.15. The molecule has 20 heavy (non-hydrogen) atoms. The predicted molar refractivity (Wildman–Crippen MR) is 78.9 cm³/mol. The average molecular weight is 284 g/mol. The highest BCUT2D eigenvalue weighted by Gasteiger charge is 2.09. The molecule has 0 fully saturated rings. The Bertz CT molecular complexity index is 771. The first-order valence-electron chi connectivity index (χ1n) is 6.02. The van der Waals surface area contributed by atoms with Crippen molar-refractivity contribution in [3.05, 3.63) is 65.3 Å². The van der Waals surface area contributed by atoms with Gasteiger partial charge in [-0.25, -0.2) is 0 Å². The Hall–Kier alpha value is -2.46. The van der Waals surface area contributed by atoms with Crippen molar-refractivity contribution in [2.75, 3.05) is 5.32 Å². The normalized spacial score (nSPS) is 10.4. The molecule has 0 unspecified atom stereocenters. The Morgan fingerprint density at radius 3 is 2.55 bits per heavy atom. The number of carbonyl (C=O) groups excluding carboxylic acids is 1. The maximum absolute atomic E-state index is 12.1. The van der Waals surface area contributed by atoms with E-state index in [2.05, 4.69) is 15.5 Å². The van der Waals surface area contributed by atoms with E-state index in [4.69, 9.17) is 11.6 Å². The van der Waals surface area contributed by atoms with E-state index in [1.807, 2.05) is 24.3 Å². The lowest BCUT2D eigenvalue weighted by Gasteiger charge is -2.05. The fraction of sp³-hybridized carbons (Fsp3) is 0. The Labute approximate surface area is 120 Å². The fourth-order valence-corrected chi connectivity index (χ4v) is 1.95. The molecule has 0 saturated heterocycles. The highest BCUT2D eigenvalue weighted by molar-refractivity contribution is 6.30. The quantitative estimate of drug-likeness (QED) is 0.783. The van der Waals surface area contributed by atoms with Crippen molar-refractivity contribution < 1.29 is 4.79 Å². The molecule has 0 atom stereocenters. The van der Waals surface area contributed by atoms with Crippen LogP contribution in [0.15, 0.2) is 54.6 Å². The van der Waals surface area contributed by atoms with Gasteiger partial charge in [-0.15, -0.1) is 10.2 Å². The van der Waals surface area contributed by atoms with E-state index < -0.39 is 0 Å². The maximum atomic E-state index is 12.1. The van der Waals surface area contributed by atoms with Gasteiger partial charge in [0, 0.05) is 16.1 Å². The second-order valence-electron chi connectivity index (χ2n) is 4.25. The molecule has 0 aliphatic heterocycles. The second-order valence-corrected chi connectivity index (χ2v) is 4.69. The molecule has 2 aromatic carbocycles. The van der Waals surface area contributed by atoms with Crippen molar-refractivity contribution in [2.45, 2.75) is 0 Å². The topological polar surface area (TPSA) is 54.9 Å². The Morgan fingerprint density at radius 1 is 1.00 bits per heavy atom. The lowest BCUT2D eigenvalue weighted by molar-refractivity contribution is 0.102. The monoisotopic (exact) mass is 283 g/mol. The predicted octanol–water partition coefficient (Wildman–Crippen LogP) is 3.54. The van der Waals surface area contributed by atoms with Gasteiger partial charge < -0.3 is 5.32 Å². The zero-order valence-electron chi connectivity index (χ0n) is 10.4. The van der Waals surface area contributed by atoms with Gasteiger partial charge in [0.15, 0.2) is 5.69 Å². The number of anilines is 1. The standard InChI is InChI=1S/C15H10ClN3O/c16-11-5-7-12(8-6-11)17-15(20)14-9-10-3-1-2-4-13(10)18-19-14/h1-9H,(H,17,20). The van der Waals surface area contributed by atoms with Gasteiger partial charge in [-0.1, -0.05) is 29.8 Å². The van der Waals surface area contributed by atoms with Crippen molar-refractivity contribution in [1.82, 2.24) is 10.2 Å². The molecule has 1 N–H and O–H groups in total. The summed E-state index contributed by atoms with van der Waals surface area (Å²) in [4.78, 5) is 12.1. The molecule has 0 aliphatic rings. The molecule has 5 heteroatoms. The van der Waals surface area contributed by atoms with Crippen LogP contribution < -0.4 is 5.32 Å². The summed E-state index contributed by atoms with van der Waals surface area (Å²) in [5, 5.41) is 12.2. The smallest absolute Gasteiger partial charge is 0.276 e. The summed E-state index contributed by atoms with van der Waals surface area (Å²) >= 11 is 5.80. The number of nitrogens with one attached hydrogen (secondary N) is 1. The van der Waals surface area contributed by atoms with Crippen molar-refractivity contribution >= 4 is 34.1 Å². The van der Waals surface area contributed by atoms with Gasteiger partial charge in [-0.2, -0.15) is 0 Å². The van der Waals surface area contributed by atoms with Gasteiger partial charge in [-0.3, -0.25) is 4.79 Å². The molecule has 3 rings (SSSR count). The van der Waals surface area contributed by atoms with Crippen LogP contribution >= 0.6 is 11.6 Å². The molecule has 98 valence electrons. The summed E-state index contributed by atoms with van der Waals surface area (Å²) in [5.74, 6) is -0.300. The molecule has 0 radical (unpaired) electrons. The maximum Gasteiger partial charge on any atom is 0.276 e. The first-order chi connectivity index (χ1) is 9.72. The zero-order chi connectivity index (χ0) is 13.9. The Balaban J connectivity index is 1.86. The largest absolute Gasteiger partial charge is 0.321 e. The average Bonchev–Trinajstić information content (AvgIpc) is 2.49. The Kier molecular flexibility index (Phi) is 3.31. The second kappa shape index (κ2) is 5.27. The minimum Gasteiger partial charge on any atom is -0.321 e. The van der Waals surface area contributed by atoms with E-state index in [1.165, 1.54) is 0 Å². The van der Waals surface area contributed by atoms with Crippen LogP contribution in [0, 0.1) is 0 Å². The summed E-state index contributed by atoms with van der Waals surface area (Å²) < 4.78 is 0. The first-order valence-corrected chi connectivity index (χ1v) is 6.39. The van der Waals surface area contributed by atoms with E-state index in [0.717, 1.165) is 10.9 Å². The lowest BCUT2D eigenvalue weighted by Crippen LogP contribution is -2.14. The number of fused-ring (bicyclic) bond motifs is 1. The molecule has 1 heterocycles. The molecular weight excluding hydrogens is 274 g/mol. The van der Waals surface area contributed by atoms with Gasteiger partial charge in [0.05, 0.1) is 5.52 Å². The Morgan fingerprint density at radius 2 is 1.75 bits per heavy atom. The summed E-state index contributed by atoms with van der Waals surface area (Å²) in [7, 11) is 0. The third kappa shape index (κ3) is 2.60. The summed E-state index contributed by atoms with van der Waals surface area (Å²) in [5.41, 5.74) is 1.70. The van der Waals surface area contributed by atoms with Gasteiger partial charge in [-0.05, 0) is 36.4 Å². The van der Waals surface area contributed by atoms with Crippen LogP contribution in [-0.2, 0) is 0 Å². The van der Waals surface area contributed by atoms with Crippen molar-refractivity contribution in [1.29, 1.82) is 0 Å². The van der Waals surface area contributed by atoms with Crippen LogP contribution in [0.25, 0.3) is 10.9 Å². The van der Waals surface area contributed by atoms with Crippen LogP contribution in [0.5, 0.6) is 0 Å². The number of carbonyl (C=O) groups is 1. The number of halogens is 1. The first kappa shape index (κ1) is 12.6. The van der Waals surface area contributed by atoms with Crippen molar-refractivity contribution in [3.63, 3.8) is 0 Å². The van der Waals surface area contributed by atoms with Crippen molar-refractivity contribution in [2.24, 2.45) is 0 Å². The molecule has 0 bridgehead atoms. The molecule has 0 saturated carbocycles. The molecule has 3 aromatic rings. The zero-order valence-corrected chi connectivity index (χ0v) is 11.1. The number of hydrogen-bond donors (Lipinski definition) is 1. The van der Waals surface area contributed by atoms with Gasteiger partial charge in [0.2, 0.25) is 0 Å². The van der Waals surface area contributed by atoms with Crippen molar-refractivity contribution in [3.8, 4) is 0 Å². The van der Waals surface area contributed by atoms with Gasteiger partial charge in [0.25, 0.3) is 5.91 Å². The summed E-state index contributed by atoms with van der Waals surface area (Å²) in [6, 6.07) is 16.1. The van der Waals surface area contributed by atoms with Gasteiger partial charge >= 0.3 is 0 Å². The molecule has 1 amide bonds. The van der Waals surface area contributed by atoms with E-state index in [1.54, 1.807) is 30.3 Å². The summed E-state index contributed by atoms with van der Waals surface area (Å²) in [6.45, 7) is 0. The molecule has 4 nitrogen and oxygen atoms in total. The fourth-order valence-electron chi connectivity index (χ4n) is 1.82.